The van der Waals surface area contributed by atoms with Crippen molar-refractivity contribution in [2.45, 2.75) is 62.6 Å². The predicted molar refractivity (Wildman–Crippen MR) is 194 cm³/mol. The highest BCUT2D eigenvalue weighted by atomic mass is 79.9. The van der Waals surface area contributed by atoms with Gasteiger partial charge in [0.25, 0.3) is 10.0 Å². The maximum Gasteiger partial charge on any atom is 0.264 e. The first-order valence-corrected chi connectivity index (χ1v) is 18.5. The van der Waals surface area contributed by atoms with Crippen molar-refractivity contribution in [3.05, 3.63) is 118 Å². The van der Waals surface area contributed by atoms with Crippen LogP contribution in [-0.4, -0.2) is 58.0 Å². The van der Waals surface area contributed by atoms with Crippen LogP contribution in [0.2, 0.25) is 0 Å². The highest BCUT2D eigenvalue weighted by molar-refractivity contribution is 9.10. The normalized spacial score (nSPS) is 13.8. The zero-order valence-electron chi connectivity index (χ0n) is 28.0. The number of ether oxygens (including phenoxy) is 2. The smallest absolute Gasteiger partial charge is 0.264 e. The van der Waals surface area contributed by atoms with Gasteiger partial charge in [-0.05, 0) is 67.3 Å². The van der Waals surface area contributed by atoms with Crippen molar-refractivity contribution in [2.24, 2.45) is 0 Å². The standard InChI is InChI=1S/C38H42BrN3O6S/c1-27-13-20-33(21-14-27)49(45,46)42(32-19-22-35(47-2)36(24-32)48-3)26-37(43)41(25-29-15-17-30(39)18-16-29)34(23-28-9-5-4-6-10-28)38(44)40-31-11-7-8-12-31/h4-6,9-10,13-22,24,31,34H,7-8,11-12,23,25-26H2,1-3H3,(H,40,44). The average molecular weight is 749 g/mol. The zero-order chi connectivity index (χ0) is 35.0. The molecule has 1 aliphatic carbocycles. The maximum absolute atomic E-state index is 14.8. The summed E-state index contributed by atoms with van der Waals surface area (Å²) in [5.41, 5.74) is 2.78. The molecule has 0 spiro atoms. The largest absolute Gasteiger partial charge is 0.493 e. The SMILES string of the molecule is COc1ccc(N(CC(=O)N(Cc2ccc(Br)cc2)C(Cc2ccccc2)C(=O)NC2CCCC2)S(=O)(=O)c2ccc(C)cc2)cc1OC. The summed E-state index contributed by atoms with van der Waals surface area (Å²) < 4.78 is 41.6. The van der Waals surface area contributed by atoms with Gasteiger partial charge in [0.05, 0.1) is 24.8 Å². The fourth-order valence-electron chi connectivity index (χ4n) is 6.05. The summed E-state index contributed by atoms with van der Waals surface area (Å²) in [4.78, 5) is 30.5. The molecule has 0 aromatic heterocycles. The Labute approximate surface area is 297 Å². The lowest BCUT2D eigenvalue weighted by molar-refractivity contribution is -0.140. The number of hydrogen-bond acceptors (Lipinski definition) is 6. The summed E-state index contributed by atoms with van der Waals surface area (Å²) in [5.74, 6) is -0.0778. The molecule has 1 atom stereocenters. The number of sulfonamides is 1. The summed E-state index contributed by atoms with van der Waals surface area (Å²) in [7, 11) is -1.31. The van der Waals surface area contributed by atoms with Crippen LogP contribution in [0.25, 0.3) is 0 Å². The van der Waals surface area contributed by atoms with E-state index in [0.29, 0.717) is 11.5 Å². The van der Waals surface area contributed by atoms with Gasteiger partial charge in [0.1, 0.15) is 12.6 Å². The Kier molecular flexibility index (Phi) is 12.0. The third-order valence-electron chi connectivity index (χ3n) is 8.78. The summed E-state index contributed by atoms with van der Waals surface area (Å²) >= 11 is 3.48. The lowest BCUT2D eigenvalue weighted by Crippen LogP contribution is -2.54. The van der Waals surface area contributed by atoms with Crippen LogP contribution in [0.5, 0.6) is 11.5 Å². The van der Waals surface area contributed by atoms with E-state index in [1.807, 2.05) is 61.5 Å². The molecule has 1 N–H and O–H groups in total. The van der Waals surface area contributed by atoms with Crippen LogP contribution < -0.4 is 19.1 Å². The fraction of sp³-hybridized carbons (Fsp3) is 0.316. The van der Waals surface area contributed by atoms with Crippen LogP contribution in [0, 0.1) is 6.92 Å². The third kappa shape index (κ3) is 9.01. The summed E-state index contributed by atoms with van der Waals surface area (Å²) in [5, 5.41) is 3.20. The van der Waals surface area contributed by atoms with Gasteiger partial charge in [0.15, 0.2) is 11.5 Å². The molecule has 4 aromatic carbocycles. The molecular formula is C38H42BrN3O6S. The van der Waals surface area contributed by atoms with Gasteiger partial charge in [0, 0.05) is 29.5 Å². The first-order valence-electron chi connectivity index (χ1n) is 16.3. The van der Waals surface area contributed by atoms with Crippen molar-refractivity contribution >= 4 is 43.5 Å². The molecule has 0 radical (unpaired) electrons. The molecule has 1 saturated carbocycles. The van der Waals surface area contributed by atoms with Crippen LogP contribution in [0.4, 0.5) is 5.69 Å². The van der Waals surface area contributed by atoms with E-state index in [9.17, 15) is 18.0 Å². The lowest BCUT2D eigenvalue weighted by atomic mass is 10.0. The molecule has 5 rings (SSSR count). The third-order valence-corrected chi connectivity index (χ3v) is 11.1. The molecular weight excluding hydrogens is 706 g/mol. The Bertz CT molecular complexity index is 1830. The number of hydrogen-bond donors (Lipinski definition) is 1. The molecule has 0 heterocycles. The van der Waals surface area contributed by atoms with Crippen LogP contribution >= 0.6 is 15.9 Å². The number of anilines is 1. The quantitative estimate of drug-likeness (QED) is 0.155. The Morgan fingerprint density at radius 2 is 1.51 bits per heavy atom. The summed E-state index contributed by atoms with van der Waals surface area (Å²) in [6.45, 7) is 1.39. The Balaban J connectivity index is 1.59. The van der Waals surface area contributed by atoms with Crippen molar-refractivity contribution < 1.29 is 27.5 Å². The number of benzene rings is 4. The highest BCUT2D eigenvalue weighted by Gasteiger charge is 2.36. The van der Waals surface area contributed by atoms with Crippen molar-refractivity contribution in [1.29, 1.82) is 0 Å². The van der Waals surface area contributed by atoms with Crippen molar-refractivity contribution in [3.8, 4) is 11.5 Å². The number of carbonyl (C=O) groups is 2. The van der Waals surface area contributed by atoms with Crippen molar-refractivity contribution in [2.75, 3.05) is 25.1 Å². The van der Waals surface area contributed by atoms with Crippen LogP contribution in [0.3, 0.4) is 0 Å². The molecule has 2 amide bonds. The van der Waals surface area contributed by atoms with E-state index in [1.54, 1.807) is 24.3 Å². The maximum atomic E-state index is 14.8. The second-order valence-electron chi connectivity index (χ2n) is 12.2. The lowest BCUT2D eigenvalue weighted by Gasteiger charge is -2.34. The number of halogens is 1. The van der Waals surface area contributed by atoms with E-state index in [-0.39, 0.29) is 35.5 Å². The Morgan fingerprint density at radius 3 is 2.14 bits per heavy atom. The second-order valence-corrected chi connectivity index (χ2v) is 15.0. The summed E-state index contributed by atoms with van der Waals surface area (Å²) in [6.07, 6.45) is 4.08. The molecule has 1 unspecified atom stereocenters. The van der Waals surface area contributed by atoms with E-state index < -0.39 is 28.5 Å². The summed E-state index contributed by atoms with van der Waals surface area (Å²) in [6, 6.07) is 27.4. The molecule has 4 aromatic rings. The Morgan fingerprint density at radius 1 is 0.857 bits per heavy atom. The average Bonchev–Trinajstić information content (AvgIpc) is 3.62. The number of methoxy groups -OCH3 is 2. The number of amides is 2. The number of carbonyl (C=O) groups excluding carboxylic acids is 2. The van der Waals surface area contributed by atoms with E-state index in [4.69, 9.17) is 9.47 Å². The highest BCUT2D eigenvalue weighted by Crippen LogP contribution is 2.34. The van der Waals surface area contributed by atoms with Crippen molar-refractivity contribution in [1.82, 2.24) is 10.2 Å². The van der Waals surface area contributed by atoms with Crippen LogP contribution in [0.1, 0.15) is 42.4 Å². The van der Waals surface area contributed by atoms with Gasteiger partial charge in [-0.2, -0.15) is 0 Å². The van der Waals surface area contributed by atoms with Crippen LogP contribution in [-0.2, 0) is 32.6 Å². The van der Waals surface area contributed by atoms with Gasteiger partial charge in [-0.15, -0.1) is 0 Å². The van der Waals surface area contributed by atoms with Gasteiger partial charge in [-0.25, -0.2) is 8.42 Å². The molecule has 0 saturated heterocycles. The number of nitrogens with one attached hydrogen (secondary N) is 1. The first kappa shape index (κ1) is 35.9. The zero-order valence-corrected chi connectivity index (χ0v) is 30.4. The minimum Gasteiger partial charge on any atom is -0.493 e. The van der Waals surface area contributed by atoms with E-state index in [2.05, 4.69) is 21.2 Å². The Hall–Kier alpha value is -4.35. The molecule has 0 aliphatic heterocycles. The van der Waals surface area contributed by atoms with Gasteiger partial charge >= 0.3 is 0 Å². The molecule has 49 heavy (non-hydrogen) atoms. The van der Waals surface area contributed by atoms with Gasteiger partial charge in [-0.3, -0.25) is 13.9 Å². The number of aryl methyl sites for hydroxylation is 1. The van der Waals surface area contributed by atoms with E-state index >= 15 is 0 Å². The van der Waals surface area contributed by atoms with E-state index in [1.165, 1.54) is 37.3 Å². The minimum absolute atomic E-state index is 0.0277. The number of rotatable bonds is 14. The minimum atomic E-state index is -4.26. The van der Waals surface area contributed by atoms with Crippen molar-refractivity contribution in [3.63, 3.8) is 0 Å². The molecule has 258 valence electrons. The molecule has 1 fully saturated rings. The van der Waals surface area contributed by atoms with Crippen LogP contribution in [0.15, 0.2) is 106 Å². The van der Waals surface area contributed by atoms with Gasteiger partial charge < -0.3 is 19.7 Å². The van der Waals surface area contributed by atoms with E-state index in [0.717, 1.165) is 51.2 Å². The topological polar surface area (TPSA) is 105 Å². The molecule has 0 bridgehead atoms. The molecule has 11 heteroatoms. The first-order chi connectivity index (χ1) is 23.6. The fourth-order valence-corrected chi connectivity index (χ4v) is 7.72. The predicted octanol–water partition coefficient (Wildman–Crippen LogP) is 6.67. The second kappa shape index (κ2) is 16.4. The van der Waals surface area contributed by atoms with Gasteiger partial charge in [0.2, 0.25) is 11.8 Å². The van der Waals surface area contributed by atoms with Gasteiger partial charge in [-0.1, -0.05) is 88.9 Å². The molecule has 9 nitrogen and oxygen atoms in total. The molecule has 1 aliphatic rings. The number of nitrogens with zero attached hydrogens (tertiary/aromatic N) is 2. The monoisotopic (exact) mass is 747 g/mol.